The van der Waals surface area contributed by atoms with Gasteiger partial charge in [-0.05, 0) is 43.8 Å². The van der Waals surface area contributed by atoms with E-state index < -0.39 is 0 Å². The predicted octanol–water partition coefficient (Wildman–Crippen LogP) is 2.50. The summed E-state index contributed by atoms with van der Waals surface area (Å²) in [6.07, 6.45) is 3.49. The Hall–Kier alpha value is -2.64. The normalized spacial score (nSPS) is 20.0. The Balaban J connectivity index is 1.94. The molecule has 0 bridgehead atoms. The zero-order chi connectivity index (χ0) is 22.5. The van der Waals surface area contributed by atoms with Crippen LogP contribution in [0.25, 0.3) is 0 Å². The molecule has 168 valence electrons. The van der Waals surface area contributed by atoms with E-state index in [1.54, 1.807) is 17.3 Å². The molecule has 2 aromatic rings. The zero-order valence-electron chi connectivity index (χ0n) is 19.2. The first-order valence-corrected chi connectivity index (χ1v) is 10.8. The Morgan fingerprint density at radius 1 is 1.23 bits per heavy atom. The summed E-state index contributed by atoms with van der Waals surface area (Å²) in [6, 6.07) is 9.43. The van der Waals surface area contributed by atoms with Crippen LogP contribution in [-0.2, 0) is 6.54 Å². The second-order valence-corrected chi connectivity index (χ2v) is 8.72. The number of rotatable bonds is 7. The lowest BCUT2D eigenvalue weighted by Crippen LogP contribution is -2.49. The van der Waals surface area contributed by atoms with Gasteiger partial charge in [0.05, 0.1) is 23.9 Å². The number of carbonyl (C=O) groups is 1. The maximum atomic E-state index is 13.4. The molecule has 7 heteroatoms. The van der Waals surface area contributed by atoms with Crippen molar-refractivity contribution in [1.29, 1.82) is 0 Å². The standard InChI is InChI=1S/C24H34N4O3/c1-17-13-28(18(2)16-29)24(30)20-7-6-8-21(26(3)4)23(20)31-22(17)15-27(5)14-19-9-11-25-12-10-19/h6-12,17-18,22,29H,13-16H2,1-5H3/t17-,18-,22+/m1/s1. The fraction of sp³-hybridized carbons (Fsp3) is 0.500. The number of amides is 1. The van der Waals surface area contributed by atoms with E-state index >= 15 is 0 Å². The summed E-state index contributed by atoms with van der Waals surface area (Å²) in [4.78, 5) is 23.5. The van der Waals surface area contributed by atoms with E-state index in [2.05, 4.69) is 23.9 Å². The van der Waals surface area contributed by atoms with Gasteiger partial charge in [0, 0.05) is 52.0 Å². The van der Waals surface area contributed by atoms with Crippen LogP contribution in [0.1, 0.15) is 29.8 Å². The highest BCUT2D eigenvalue weighted by molar-refractivity contribution is 5.99. The first kappa shape index (κ1) is 23.0. The lowest BCUT2D eigenvalue weighted by atomic mass is 9.98. The van der Waals surface area contributed by atoms with E-state index in [0.29, 0.717) is 24.4 Å². The van der Waals surface area contributed by atoms with Crippen molar-refractivity contribution in [2.24, 2.45) is 5.92 Å². The summed E-state index contributed by atoms with van der Waals surface area (Å²) in [7, 11) is 5.97. The number of aliphatic hydroxyl groups is 1. The third-order valence-electron chi connectivity index (χ3n) is 5.85. The minimum atomic E-state index is -0.265. The van der Waals surface area contributed by atoms with Gasteiger partial charge in [0.25, 0.3) is 5.91 Å². The molecule has 7 nitrogen and oxygen atoms in total. The molecule has 1 amide bonds. The molecule has 0 aliphatic carbocycles. The van der Waals surface area contributed by atoms with Crippen molar-refractivity contribution in [3.8, 4) is 5.75 Å². The lowest BCUT2D eigenvalue weighted by Gasteiger charge is -2.39. The topological polar surface area (TPSA) is 69.1 Å². The first-order valence-electron chi connectivity index (χ1n) is 10.8. The van der Waals surface area contributed by atoms with Crippen LogP contribution in [0.2, 0.25) is 0 Å². The van der Waals surface area contributed by atoms with Gasteiger partial charge in [0.1, 0.15) is 6.10 Å². The smallest absolute Gasteiger partial charge is 0.258 e. The monoisotopic (exact) mass is 426 g/mol. The second-order valence-electron chi connectivity index (χ2n) is 8.72. The number of hydrogen-bond donors (Lipinski definition) is 1. The average molecular weight is 427 g/mol. The molecule has 3 atom stereocenters. The number of benzene rings is 1. The van der Waals surface area contributed by atoms with Crippen LogP contribution in [0.15, 0.2) is 42.7 Å². The molecule has 3 rings (SSSR count). The molecule has 1 N–H and O–H groups in total. The van der Waals surface area contributed by atoms with Gasteiger partial charge in [-0.2, -0.15) is 0 Å². The predicted molar refractivity (Wildman–Crippen MR) is 123 cm³/mol. The highest BCUT2D eigenvalue weighted by Gasteiger charge is 2.34. The number of likely N-dealkylation sites (N-methyl/N-ethyl adjacent to an activating group) is 1. The Labute approximate surface area is 185 Å². The summed E-state index contributed by atoms with van der Waals surface area (Å²) in [6.45, 7) is 5.94. The third-order valence-corrected chi connectivity index (χ3v) is 5.85. The van der Waals surface area contributed by atoms with E-state index in [0.717, 1.165) is 12.2 Å². The number of ether oxygens (including phenoxy) is 1. The average Bonchev–Trinajstić information content (AvgIpc) is 2.75. The molecule has 1 aromatic heterocycles. The van der Waals surface area contributed by atoms with Crippen LogP contribution in [0.3, 0.4) is 0 Å². The SMILES string of the molecule is C[C@@H]1CN([C@H](C)CO)C(=O)c2cccc(N(C)C)c2O[C@H]1CN(C)Cc1ccncc1. The third kappa shape index (κ3) is 5.35. The number of aromatic nitrogens is 1. The zero-order valence-corrected chi connectivity index (χ0v) is 19.2. The summed E-state index contributed by atoms with van der Waals surface area (Å²) in [5.41, 5.74) is 2.61. The van der Waals surface area contributed by atoms with E-state index in [1.165, 1.54) is 5.56 Å². The van der Waals surface area contributed by atoms with Gasteiger partial charge in [-0.15, -0.1) is 0 Å². The van der Waals surface area contributed by atoms with Crippen molar-refractivity contribution in [1.82, 2.24) is 14.8 Å². The molecule has 0 saturated carbocycles. The number of para-hydroxylation sites is 1. The van der Waals surface area contributed by atoms with Crippen LogP contribution in [0.5, 0.6) is 5.75 Å². The van der Waals surface area contributed by atoms with Gasteiger partial charge in [-0.25, -0.2) is 0 Å². The molecule has 1 aromatic carbocycles. The molecular formula is C24H34N4O3. The fourth-order valence-electron chi connectivity index (χ4n) is 3.97. The fourth-order valence-corrected chi connectivity index (χ4v) is 3.97. The second kappa shape index (κ2) is 10.1. The summed E-state index contributed by atoms with van der Waals surface area (Å²) >= 11 is 0. The van der Waals surface area contributed by atoms with Gasteiger partial charge in [0.2, 0.25) is 0 Å². The van der Waals surface area contributed by atoms with Crippen molar-refractivity contribution in [3.05, 3.63) is 53.9 Å². The van der Waals surface area contributed by atoms with E-state index in [-0.39, 0.29) is 30.6 Å². The van der Waals surface area contributed by atoms with E-state index in [9.17, 15) is 9.90 Å². The minimum absolute atomic E-state index is 0.0748. The molecule has 0 radical (unpaired) electrons. The molecule has 0 spiro atoms. The molecule has 2 heterocycles. The Bertz CT molecular complexity index is 874. The van der Waals surface area contributed by atoms with Crippen LogP contribution < -0.4 is 9.64 Å². The number of fused-ring (bicyclic) bond motifs is 1. The van der Waals surface area contributed by atoms with Crippen LogP contribution in [-0.4, -0.2) is 78.8 Å². The van der Waals surface area contributed by atoms with Gasteiger partial charge in [-0.1, -0.05) is 13.0 Å². The van der Waals surface area contributed by atoms with Crippen molar-refractivity contribution >= 4 is 11.6 Å². The number of aliphatic hydroxyl groups excluding tert-OH is 1. The van der Waals surface area contributed by atoms with Crippen LogP contribution >= 0.6 is 0 Å². The van der Waals surface area contributed by atoms with Gasteiger partial charge in [0.15, 0.2) is 5.75 Å². The molecule has 0 fully saturated rings. The van der Waals surface area contributed by atoms with Crippen LogP contribution in [0, 0.1) is 5.92 Å². The lowest BCUT2D eigenvalue weighted by molar-refractivity contribution is 0.0343. The van der Waals surface area contributed by atoms with E-state index in [4.69, 9.17) is 4.74 Å². The summed E-state index contributed by atoms with van der Waals surface area (Å²) < 4.78 is 6.58. The van der Waals surface area contributed by atoms with Crippen molar-refractivity contribution in [3.63, 3.8) is 0 Å². The largest absolute Gasteiger partial charge is 0.486 e. The molecule has 0 unspecified atom stereocenters. The van der Waals surface area contributed by atoms with E-state index in [1.807, 2.05) is 56.3 Å². The van der Waals surface area contributed by atoms with Gasteiger partial charge in [-0.3, -0.25) is 14.7 Å². The van der Waals surface area contributed by atoms with Crippen molar-refractivity contribution in [2.45, 2.75) is 32.5 Å². The maximum absolute atomic E-state index is 13.4. The highest BCUT2D eigenvalue weighted by Crippen LogP contribution is 2.36. The van der Waals surface area contributed by atoms with Crippen molar-refractivity contribution in [2.75, 3.05) is 45.7 Å². The maximum Gasteiger partial charge on any atom is 0.258 e. The highest BCUT2D eigenvalue weighted by atomic mass is 16.5. The minimum Gasteiger partial charge on any atom is -0.486 e. The summed E-state index contributed by atoms with van der Waals surface area (Å²) in [5.74, 6) is 0.596. The Morgan fingerprint density at radius 2 is 1.94 bits per heavy atom. The quantitative estimate of drug-likeness (QED) is 0.734. The number of carbonyl (C=O) groups excluding carboxylic acids is 1. The number of anilines is 1. The molecule has 1 aliphatic rings. The summed E-state index contributed by atoms with van der Waals surface area (Å²) in [5, 5.41) is 9.77. The van der Waals surface area contributed by atoms with Crippen LogP contribution in [0.4, 0.5) is 5.69 Å². The molecule has 1 aliphatic heterocycles. The van der Waals surface area contributed by atoms with Crippen molar-refractivity contribution < 1.29 is 14.6 Å². The van der Waals surface area contributed by atoms with Gasteiger partial charge >= 0.3 is 0 Å². The number of hydrogen-bond acceptors (Lipinski definition) is 6. The molecule has 0 saturated heterocycles. The number of nitrogens with zero attached hydrogens (tertiary/aromatic N) is 4. The molecule has 31 heavy (non-hydrogen) atoms. The Morgan fingerprint density at radius 3 is 2.58 bits per heavy atom. The number of pyridine rings is 1. The first-order chi connectivity index (χ1) is 14.8. The molecular weight excluding hydrogens is 392 g/mol. The van der Waals surface area contributed by atoms with Gasteiger partial charge < -0.3 is 19.6 Å². The Kier molecular flexibility index (Phi) is 7.51.